The van der Waals surface area contributed by atoms with Gasteiger partial charge in [-0.15, -0.1) is 0 Å². The second kappa shape index (κ2) is 9.51. The number of rotatable bonds is 5. The van der Waals surface area contributed by atoms with E-state index in [2.05, 4.69) is 21.4 Å². The van der Waals surface area contributed by atoms with Crippen LogP contribution in [0.2, 0.25) is 5.02 Å². The molecule has 32 heavy (non-hydrogen) atoms. The molecule has 0 spiro atoms. The molecule has 0 aliphatic heterocycles. The maximum Gasteiger partial charge on any atom is 0.253 e. The summed E-state index contributed by atoms with van der Waals surface area (Å²) in [6.07, 6.45) is 3.53. The molecule has 2 heterocycles. The summed E-state index contributed by atoms with van der Waals surface area (Å²) in [7, 11) is 0. The predicted molar refractivity (Wildman–Crippen MR) is 135 cm³/mol. The van der Waals surface area contributed by atoms with Gasteiger partial charge in [-0.3, -0.25) is 9.78 Å². The molecule has 0 radical (unpaired) electrons. The van der Waals surface area contributed by atoms with E-state index < -0.39 is 0 Å². The lowest BCUT2D eigenvalue weighted by molar-refractivity contribution is 0.410. The zero-order chi connectivity index (χ0) is 22.7. The number of nitrogens with one attached hydrogen (secondary N) is 2. The topological polar surface area (TPSA) is 61.0 Å². The molecule has 0 fully saturated rings. The molecular weight excluding hydrogens is 440 g/mol. The summed E-state index contributed by atoms with van der Waals surface area (Å²) in [5, 5.41) is 5.39. The first kappa shape index (κ1) is 22.0. The number of hydrogen-bond acceptors (Lipinski definition) is 3. The molecule has 0 bridgehead atoms. The lowest BCUT2D eigenvalue weighted by atomic mass is 10.0. The van der Waals surface area contributed by atoms with Gasteiger partial charge in [-0.25, -0.2) is 0 Å². The Morgan fingerprint density at radius 1 is 1.09 bits per heavy atom. The van der Waals surface area contributed by atoms with Crippen LogP contribution in [-0.2, 0) is 13.1 Å². The predicted octanol–water partition coefficient (Wildman–Crippen LogP) is 5.59. The lowest BCUT2D eigenvalue weighted by Gasteiger charge is -2.26. The molecule has 0 saturated carbocycles. The van der Waals surface area contributed by atoms with Gasteiger partial charge in [-0.05, 0) is 73.1 Å². The number of nitrogens with zero attached hydrogens (tertiary/aromatic N) is 2. The third kappa shape index (κ3) is 4.98. The summed E-state index contributed by atoms with van der Waals surface area (Å²) in [6.45, 7) is 4.89. The van der Waals surface area contributed by atoms with Crippen molar-refractivity contribution in [2.45, 2.75) is 26.9 Å². The fraction of sp³-hybridized carbons (Fsp3) is 0.160. The number of aryl methyl sites for hydroxylation is 2. The standard InChI is InChI=1S/C25H23ClN4OS/c1-16-8-9-17(2)23-22(16)11-19(24(31)29-23)15-30(14-18-5-4-10-27-13-18)25(32)28-21-7-3-6-20(26)12-21/h3-13H,14-15H2,1-2H3,(H,28,32)(H,29,31). The third-order valence-corrected chi connectivity index (χ3v) is 5.94. The van der Waals surface area contributed by atoms with E-state index in [0.717, 1.165) is 33.3 Å². The molecule has 0 saturated heterocycles. The van der Waals surface area contributed by atoms with Crippen molar-refractivity contribution in [2.75, 3.05) is 5.32 Å². The molecular formula is C25H23ClN4OS. The van der Waals surface area contributed by atoms with E-state index >= 15 is 0 Å². The molecule has 7 heteroatoms. The SMILES string of the molecule is Cc1ccc(C)c2[nH]c(=O)c(CN(Cc3cccnc3)C(=S)Nc3cccc(Cl)c3)cc12. The van der Waals surface area contributed by atoms with E-state index in [1.807, 2.05) is 67.3 Å². The minimum Gasteiger partial charge on any atom is -0.340 e. The lowest BCUT2D eigenvalue weighted by Crippen LogP contribution is -2.35. The van der Waals surface area contributed by atoms with Gasteiger partial charge >= 0.3 is 0 Å². The smallest absolute Gasteiger partial charge is 0.253 e. The fourth-order valence-electron chi connectivity index (χ4n) is 3.62. The Bertz CT molecular complexity index is 1340. The maximum atomic E-state index is 12.9. The summed E-state index contributed by atoms with van der Waals surface area (Å²) in [5.74, 6) is 0. The number of pyridine rings is 2. The minimum atomic E-state index is -0.118. The van der Waals surface area contributed by atoms with Crippen molar-refractivity contribution in [1.29, 1.82) is 0 Å². The van der Waals surface area contributed by atoms with E-state index in [0.29, 0.717) is 28.8 Å². The molecule has 0 aliphatic rings. The van der Waals surface area contributed by atoms with Crippen molar-refractivity contribution >= 4 is 45.5 Å². The van der Waals surface area contributed by atoms with Gasteiger partial charge in [0.15, 0.2) is 5.11 Å². The quantitative estimate of drug-likeness (QED) is 0.378. The van der Waals surface area contributed by atoms with Crippen LogP contribution in [0.1, 0.15) is 22.3 Å². The Morgan fingerprint density at radius 3 is 2.66 bits per heavy atom. The van der Waals surface area contributed by atoms with Crippen molar-refractivity contribution in [3.63, 3.8) is 0 Å². The molecule has 0 amide bonds. The van der Waals surface area contributed by atoms with Crippen LogP contribution in [0.15, 0.2) is 71.8 Å². The average molecular weight is 463 g/mol. The summed E-state index contributed by atoms with van der Waals surface area (Å²) in [5.41, 5.74) is 5.33. The molecule has 2 N–H and O–H groups in total. The van der Waals surface area contributed by atoms with Gasteiger partial charge < -0.3 is 15.2 Å². The molecule has 0 unspecified atom stereocenters. The van der Waals surface area contributed by atoms with E-state index in [9.17, 15) is 4.79 Å². The van der Waals surface area contributed by atoms with Crippen LogP contribution in [0.3, 0.4) is 0 Å². The molecule has 4 rings (SSSR count). The van der Waals surface area contributed by atoms with Crippen molar-refractivity contribution in [3.8, 4) is 0 Å². The van der Waals surface area contributed by atoms with Gasteiger partial charge in [-0.1, -0.05) is 35.9 Å². The first-order valence-electron chi connectivity index (χ1n) is 10.2. The van der Waals surface area contributed by atoms with Crippen LogP contribution in [0.25, 0.3) is 10.9 Å². The summed E-state index contributed by atoms with van der Waals surface area (Å²) in [4.78, 5) is 22.1. The van der Waals surface area contributed by atoms with Gasteiger partial charge in [0, 0.05) is 40.6 Å². The highest BCUT2D eigenvalue weighted by atomic mass is 35.5. The van der Waals surface area contributed by atoms with E-state index in [1.54, 1.807) is 12.4 Å². The van der Waals surface area contributed by atoms with Crippen molar-refractivity contribution in [3.05, 3.63) is 105 Å². The monoisotopic (exact) mass is 462 g/mol. The minimum absolute atomic E-state index is 0.118. The van der Waals surface area contributed by atoms with Crippen molar-refractivity contribution in [2.24, 2.45) is 0 Å². The number of anilines is 1. The number of halogens is 1. The fourth-order valence-corrected chi connectivity index (χ4v) is 4.06. The number of benzene rings is 2. The van der Waals surface area contributed by atoms with Crippen LogP contribution in [-0.4, -0.2) is 20.0 Å². The summed E-state index contributed by atoms with van der Waals surface area (Å²) >= 11 is 11.8. The van der Waals surface area contributed by atoms with E-state index in [1.165, 1.54) is 0 Å². The molecule has 0 atom stereocenters. The molecule has 2 aromatic carbocycles. The third-order valence-electron chi connectivity index (χ3n) is 5.34. The number of aromatic amines is 1. The molecule has 162 valence electrons. The van der Waals surface area contributed by atoms with Crippen molar-refractivity contribution < 1.29 is 0 Å². The largest absolute Gasteiger partial charge is 0.340 e. The van der Waals surface area contributed by atoms with Gasteiger partial charge in [-0.2, -0.15) is 0 Å². The number of hydrogen-bond donors (Lipinski definition) is 2. The molecule has 0 aliphatic carbocycles. The van der Waals surface area contributed by atoms with Crippen LogP contribution >= 0.6 is 23.8 Å². The normalized spacial score (nSPS) is 10.8. The Morgan fingerprint density at radius 2 is 1.91 bits per heavy atom. The Hall–Kier alpha value is -3.22. The highest BCUT2D eigenvalue weighted by Crippen LogP contribution is 2.21. The van der Waals surface area contributed by atoms with Gasteiger partial charge in [0.2, 0.25) is 0 Å². The maximum absolute atomic E-state index is 12.9. The zero-order valence-corrected chi connectivity index (χ0v) is 19.4. The van der Waals surface area contributed by atoms with Crippen LogP contribution < -0.4 is 10.9 Å². The Balaban J connectivity index is 1.68. The molecule has 2 aromatic heterocycles. The van der Waals surface area contributed by atoms with Crippen LogP contribution in [0.5, 0.6) is 0 Å². The molecule has 4 aromatic rings. The summed E-state index contributed by atoms with van der Waals surface area (Å²) in [6, 6.07) is 17.3. The van der Waals surface area contributed by atoms with Gasteiger partial charge in [0.1, 0.15) is 0 Å². The number of H-pyrrole nitrogens is 1. The zero-order valence-electron chi connectivity index (χ0n) is 17.9. The van der Waals surface area contributed by atoms with E-state index in [-0.39, 0.29) is 5.56 Å². The number of aromatic nitrogens is 2. The van der Waals surface area contributed by atoms with E-state index in [4.69, 9.17) is 23.8 Å². The van der Waals surface area contributed by atoms with Crippen LogP contribution in [0.4, 0.5) is 5.69 Å². The second-order valence-electron chi connectivity index (χ2n) is 7.77. The first-order valence-corrected chi connectivity index (χ1v) is 11.0. The Labute approximate surface area is 197 Å². The van der Waals surface area contributed by atoms with Gasteiger partial charge in [0.05, 0.1) is 12.1 Å². The number of thiocarbonyl (C=S) groups is 1. The molecule has 5 nitrogen and oxygen atoms in total. The second-order valence-corrected chi connectivity index (χ2v) is 8.59. The van der Waals surface area contributed by atoms with Crippen LogP contribution in [0, 0.1) is 13.8 Å². The first-order chi connectivity index (χ1) is 15.4. The highest BCUT2D eigenvalue weighted by molar-refractivity contribution is 7.80. The van der Waals surface area contributed by atoms with Gasteiger partial charge in [0.25, 0.3) is 5.56 Å². The highest BCUT2D eigenvalue weighted by Gasteiger charge is 2.15. The summed E-state index contributed by atoms with van der Waals surface area (Å²) < 4.78 is 0. The Kier molecular flexibility index (Phi) is 6.53. The average Bonchev–Trinajstić information content (AvgIpc) is 2.77. The van der Waals surface area contributed by atoms with Crippen molar-refractivity contribution in [1.82, 2.24) is 14.9 Å². The number of fused-ring (bicyclic) bond motifs is 1.